The normalized spacial score (nSPS) is 19.7. The number of nitrogens with zero attached hydrogens (tertiary/aromatic N) is 1. The summed E-state index contributed by atoms with van der Waals surface area (Å²) in [5, 5.41) is 1.16. The van der Waals surface area contributed by atoms with Gasteiger partial charge in [0.15, 0.2) is 0 Å². The molecule has 0 saturated carbocycles. The van der Waals surface area contributed by atoms with E-state index in [1.54, 1.807) is 0 Å². The van der Waals surface area contributed by atoms with Gasteiger partial charge in [0.05, 0.1) is 11.6 Å². The number of fused-ring (bicyclic) bond motifs is 1. The Bertz CT molecular complexity index is 526. The molecule has 1 aliphatic heterocycles. The van der Waals surface area contributed by atoms with Crippen LogP contribution in [-0.2, 0) is 11.3 Å². The summed E-state index contributed by atoms with van der Waals surface area (Å²) < 4.78 is 7.94. The van der Waals surface area contributed by atoms with E-state index in [1.165, 1.54) is 31.2 Å². The number of hydrogen-bond acceptors (Lipinski definition) is 2. The van der Waals surface area contributed by atoms with Crippen molar-refractivity contribution in [3.63, 3.8) is 0 Å². The molecule has 0 spiro atoms. The largest absolute Gasteiger partial charge is 0.398 e. The summed E-state index contributed by atoms with van der Waals surface area (Å²) in [4.78, 5) is 0. The average Bonchev–Trinajstić information content (AvgIpc) is 3.00. The van der Waals surface area contributed by atoms with Gasteiger partial charge in [-0.05, 0) is 43.9 Å². The molecule has 1 aromatic carbocycles. The van der Waals surface area contributed by atoms with Gasteiger partial charge in [-0.3, -0.25) is 0 Å². The van der Waals surface area contributed by atoms with Crippen molar-refractivity contribution in [3.05, 3.63) is 30.5 Å². The number of anilines is 1. The summed E-state index contributed by atoms with van der Waals surface area (Å²) in [5.41, 5.74) is 8.07. The van der Waals surface area contributed by atoms with E-state index in [-0.39, 0.29) is 0 Å². The highest BCUT2D eigenvalue weighted by molar-refractivity contribution is 5.91. The van der Waals surface area contributed by atoms with E-state index in [1.807, 2.05) is 12.1 Å². The van der Waals surface area contributed by atoms with Crippen LogP contribution in [0.2, 0.25) is 0 Å². The molecule has 0 radical (unpaired) electrons. The monoisotopic (exact) mass is 244 g/mol. The van der Waals surface area contributed by atoms with Crippen molar-refractivity contribution in [3.8, 4) is 0 Å². The number of hydrogen-bond donors (Lipinski definition) is 1. The molecule has 0 bridgehead atoms. The lowest BCUT2D eigenvalue weighted by atomic mass is 10.1. The molecule has 2 aromatic rings. The van der Waals surface area contributed by atoms with Crippen molar-refractivity contribution in [1.29, 1.82) is 0 Å². The van der Waals surface area contributed by atoms with Crippen LogP contribution in [-0.4, -0.2) is 17.3 Å². The lowest BCUT2D eigenvalue weighted by Crippen LogP contribution is -2.06. The third-order valence-corrected chi connectivity index (χ3v) is 3.80. The highest BCUT2D eigenvalue weighted by Crippen LogP contribution is 2.23. The maximum absolute atomic E-state index is 5.96. The first-order valence-corrected chi connectivity index (χ1v) is 6.79. The number of aryl methyl sites for hydroxylation is 1. The van der Waals surface area contributed by atoms with E-state index in [0.717, 1.165) is 24.2 Å². The van der Waals surface area contributed by atoms with Crippen LogP contribution in [0.25, 0.3) is 10.9 Å². The van der Waals surface area contributed by atoms with Gasteiger partial charge in [-0.25, -0.2) is 0 Å². The lowest BCUT2D eigenvalue weighted by Gasteiger charge is -2.10. The van der Waals surface area contributed by atoms with Crippen LogP contribution < -0.4 is 5.73 Å². The third kappa shape index (κ3) is 2.23. The van der Waals surface area contributed by atoms with E-state index >= 15 is 0 Å². The van der Waals surface area contributed by atoms with Crippen LogP contribution in [0.1, 0.15) is 25.7 Å². The van der Waals surface area contributed by atoms with Crippen LogP contribution >= 0.6 is 0 Å². The Morgan fingerprint density at radius 3 is 3.11 bits per heavy atom. The molecular weight excluding hydrogens is 224 g/mol. The van der Waals surface area contributed by atoms with Crippen molar-refractivity contribution < 1.29 is 4.74 Å². The molecule has 3 nitrogen and oxygen atoms in total. The van der Waals surface area contributed by atoms with Gasteiger partial charge in [0.25, 0.3) is 0 Å². The van der Waals surface area contributed by atoms with Crippen molar-refractivity contribution in [2.24, 2.45) is 0 Å². The Morgan fingerprint density at radius 2 is 2.28 bits per heavy atom. The van der Waals surface area contributed by atoms with Gasteiger partial charge < -0.3 is 15.0 Å². The summed E-state index contributed by atoms with van der Waals surface area (Å²) in [6.07, 6.45) is 7.44. The Kier molecular flexibility index (Phi) is 3.24. The van der Waals surface area contributed by atoms with Crippen molar-refractivity contribution in [2.45, 2.75) is 38.3 Å². The number of nitrogens with two attached hydrogens (primary N) is 1. The van der Waals surface area contributed by atoms with Gasteiger partial charge >= 0.3 is 0 Å². The van der Waals surface area contributed by atoms with Gasteiger partial charge in [-0.1, -0.05) is 6.07 Å². The zero-order valence-corrected chi connectivity index (χ0v) is 10.6. The molecule has 2 N–H and O–H groups in total. The Labute approximate surface area is 108 Å². The number of nitrogen functional groups attached to an aromatic ring is 1. The third-order valence-electron chi connectivity index (χ3n) is 3.80. The average molecular weight is 244 g/mol. The number of benzene rings is 1. The summed E-state index contributed by atoms with van der Waals surface area (Å²) in [6, 6.07) is 8.22. The highest BCUT2D eigenvalue weighted by Gasteiger charge is 2.14. The predicted molar refractivity (Wildman–Crippen MR) is 74.6 cm³/mol. The fraction of sp³-hybridized carbons (Fsp3) is 0.467. The molecule has 1 atom stereocenters. The molecule has 0 amide bonds. The molecule has 1 aliphatic rings. The Morgan fingerprint density at radius 1 is 1.33 bits per heavy atom. The molecule has 2 heterocycles. The molecular formula is C15H20N2O. The maximum Gasteiger partial charge on any atom is 0.0576 e. The van der Waals surface area contributed by atoms with E-state index in [4.69, 9.17) is 10.5 Å². The molecule has 1 unspecified atom stereocenters. The van der Waals surface area contributed by atoms with Crippen LogP contribution in [0, 0.1) is 0 Å². The van der Waals surface area contributed by atoms with Crippen LogP contribution in [0.5, 0.6) is 0 Å². The molecule has 3 rings (SSSR count). The molecule has 1 saturated heterocycles. The molecule has 96 valence electrons. The lowest BCUT2D eigenvalue weighted by molar-refractivity contribution is 0.101. The minimum Gasteiger partial charge on any atom is -0.398 e. The van der Waals surface area contributed by atoms with Crippen molar-refractivity contribution in [1.82, 2.24) is 4.57 Å². The van der Waals surface area contributed by atoms with Gasteiger partial charge in [-0.15, -0.1) is 0 Å². The number of ether oxygens (including phenoxy) is 1. The standard InChI is InChI=1S/C15H20N2O/c16-14-6-1-7-15-13(14)8-10-17(15)9-2-4-12-5-3-11-18-12/h1,6-8,10,12H,2-5,9,11,16H2. The summed E-state index contributed by atoms with van der Waals surface area (Å²) in [5.74, 6) is 0. The molecule has 1 aromatic heterocycles. The van der Waals surface area contributed by atoms with Gasteiger partial charge in [0.1, 0.15) is 0 Å². The fourth-order valence-electron chi connectivity index (χ4n) is 2.80. The van der Waals surface area contributed by atoms with Crippen molar-refractivity contribution in [2.75, 3.05) is 12.3 Å². The molecule has 3 heteroatoms. The Hall–Kier alpha value is -1.48. The van der Waals surface area contributed by atoms with Crippen LogP contribution in [0.4, 0.5) is 5.69 Å². The molecule has 1 fully saturated rings. The van der Waals surface area contributed by atoms with E-state index in [9.17, 15) is 0 Å². The minimum atomic E-state index is 0.497. The number of aromatic nitrogens is 1. The summed E-state index contributed by atoms with van der Waals surface area (Å²) in [6.45, 7) is 2.00. The Balaban J connectivity index is 1.65. The van der Waals surface area contributed by atoms with Crippen LogP contribution in [0.3, 0.4) is 0 Å². The number of rotatable bonds is 4. The minimum absolute atomic E-state index is 0.497. The first-order chi connectivity index (χ1) is 8.84. The van der Waals surface area contributed by atoms with Crippen LogP contribution in [0.15, 0.2) is 30.5 Å². The van der Waals surface area contributed by atoms with Gasteiger partial charge in [0, 0.05) is 30.4 Å². The quantitative estimate of drug-likeness (QED) is 0.839. The second-order valence-corrected chi connectivity index (χ2v) is 5.07. The second-order valence-electron chi connectivity index (χ2n) is 5.07. The first kappa shape index (κ1) is 11.6. The van der Waals surface area contributed by atoms with Gasteiger partial charge in [-0.2, -0.15) is 0 Å². The highest BCUT2D eigenvalue weighted by atomic mass is 16.5. The van der Waals surface area contributed by atoms with E-state index in [2.05, 4.69) is 22.9 Å². The zero-order chi connectivity index (χ0) is 12.4. The smallest absolute Gasteiger partial charge is 0.0576 e. The fourth-order valence-corrected chi connectivity index (χ4v) is 2.80. The topological polar surface area (TPSA) is 40.2 Å². The van der Waals surface area contributed by atoms with E-state index < -0.39 is 0 Å². The van der Waals surface area contributed by atoms with Gasteiger partial charge in [0.2, 0.25) is 0 Å². The molecule has 0 aliphatic carbocycles. The summed E-state index contributed by atoms with van der Waals surface area (Å²) in [7, 11) is 0. The molecule has 18 heavy (non-hydrogen) atoms. The summed E-state index contributed by atoms with van der Waals surface area (Å²) >= 11 is 0. The van der Waals surface area contributed by atoms with Crippen molar-refractivity contribution >= 4 is 16.6 Å². The zero-order valence-electron chi connectivity index (χ0n) is 10.6. The second kappa shape index (κ2) is 5.02. The van der Waals surface area contributed by atoms with E-state index in [0.29, 0.717) is 6.10 Å². The first-order valence-electron chi connectivity index (χ1n) is 6.79. The predicted octanol–water partition coefficient (Wildman–Crippen LogP) is 3.18. The SMILES string of the molecule is Nc1cccc2c1ccn2CCCC1CCCO1. The maximum atomic E-state index is 5.96.